The standard InChI is InChI=1S/C59H38N2O/c1-3-12-39(13-4-1)41-24-30-49(31-25-41)61(55-34-28-42-15-9-10-20-52(42)57(55)44-16-5-2-6-17-44)50-32-26-43-19-11-21-51(54(43)38-50)46-27-33-53-47(37-46)29-35-56-58(53)60-59(62-56)48-23-22-40-14-7-8-18-45(40)36-48/h1-38H. The molecule has 3 nitrogen and oxygen atoms in total. The highest BCUT2D eigenvalue weighted by Crippen LogP contribution is 2.46. The molecule has 0 fully saturated rings. The Morgan fingerprint density at radius 1 is 0.339 bits per heavy atom. The highest BCUT2D eigenvalue weighted by Gasteiger charge is 2.21. The van der Waals surface area contributed by atoms with Gasteiger partial charge >= 0.3 is 0 Å². The zero-order chi connectivity index (χ0) is 41.0. The third-order valence-corrected chi connectivity index (χ3v) is 12.2. The molecule has 0 aliphatic heterocycles. The minimum atomic E-state index is 0.630. The van der Waals surface area contributed by atoms with Crippen molar-refractivity contribution >= 4 is 71.3 Å². The molecule has 290 valence electrons. The van der Waals surface area contributed by atoms with Crippen molar-refractivity contribution in [3.05, 3.63) is 231 Å². The first-order valence-corrected chi connectivity index (χ1v) is 21.1. The smallest absolute Gasteiger partial charge is 0.227 e. The van der Waals surface area contributed by atoms with Crippen LogP contribution in [-0.4, -0.2) is 4.98 Å². The minimum Gasteiger partial charge on any atom is -0.436 e. The van der Waals surface area contributed by atoms with E-state index in [9.17, 15) is 0 Å². The largest absolute Gasteiger partial charge is 0.436 e. The van der Waals surface area contributed by atoms with Crippen molar-refractivity contribution in [2.24, 2.45) is 0 Å². The van der Waals surface area contributed by atoms with Gasteiger partial charge in [0, 0.05) is 27.9 Å². The van der Waals surface area contributed by atoms with Gasteiger partial charge in [-0.1, -0.05) is 176 Å². The molecule has 0 radical (unpaired) electrons. The van der Waals surface area contributed by atoms with Crippen molar-refractivity contribution < 1.29 is 4.42 Å². The maximum atomic E-state index is 6.37. The second-order valence-electron chi connectivity index (χ2n) is 15.9. The quantitative estimate of drug-likeness (QED) is 0.161. The minimum absolute atomic E-state index is 0.630. The number of aromatic nitrogens is 1. The van der Waals surface area contributed by atoms with E-state index >= 15 is 0 Å². The number of oxazole rings is 1. The molecular weight excluding hydrogens is 753 g/mol. The lowest BCUT2D eigenvalue weighted by Crippen LogP contribution is -2.11. The fraction of sp³-hybridized carbons (Fsp3) is 0. The van der Waals surface area contributed by atoms with Gasteiger partial charge in [0.25, 0.3) is 0 Å². The molecule has 0 bridgehead atoms. The van der Waals surface area contributed by atoms with Crippen LogP contribution in [0.4, 0.5) is 17.1 Å². The fourth-order valence-electron chi connectivity index (χ4n) is 9.20. The Kier molecular flexibility index (Phi) is 8.50. The van der Waals surface area contributed by atoms with Crippen molar-refractivity contribution in [3.8, 4) is 44.8 Å². The Morgan fingerprint density at radius 3 is 1.77 bits per heavy atom. The van der Waals surface area contributed by atoms with Gasteiger partial charge in [-0.3, -0.25) is 0 Å². The Balaban J connectivity index is 1.00. The third kappa shape index (κ3) is 6.18. The summed E-state index contributed by atoms with van der Waals surface area (Å²) in [5.41, 5.74) is 13.0. The molecule has 0 saturated heterocycles. The highest BCUT2D eigenvalue weighted by atomic mass is 16.3. The van der Waals surface area contributed by atoms with Crippen LogP contribution in [0.25, 0.3) is 99.0 Å². The van der Waals surface area contributed by atoms with Gasteiger partial charge in [0.15, 0.2) is 5.58 Å². The summed E-state index contributed by atoms with van der Waals surface area (Å²) in [5.74, 6) is 0.630. The Bertz CT molecular complexity index is 3630. The molecule has 12 rings (SSSR count). The van der Waals surface area contributed by atoms with E-state index in [2.05, 4.69) is 235 Å². The molecule has 0 aliphatic rings. The molecule has 0 amide bonds. The first-order valence-electron chi connectivity index (χ1n) is 21.1. The number of anilines is 3. The molecular formula is C59H38N2O. The maximum absolute atomic E-state index is 6.37. The molecule has 0 saturated carbocycles. The van der Waals surface area contributed by atoms with Gasteiger partial charge in [-0.25, -0.2) is 4.98 Å². The van der Waals surface area contributed by atoms with Crippen LogP contribution in [0.1, 0.15) is 0 Å². The van der Waals surface area contributed by atoms with Crippen molar-refractivity contribution in [1.82, 2.24) is 4.98 Å². The highest BCUT2D eigenvalue weighted by molar-refractivity contribution is 6.09. The van der Waals surface area contributed by atoms with Crippen LogP contribution in [0.5, 0.6) is 0 Å². The van der Waals surface area contributed by atoms with Crippen molar-refractivity contribution in [3.63, 3.8) is 0 Å². The summed E-state index contributed by atoms with van der Waals surface area (Å²) < 4.78 is 6.37. The molecule has 0 spiro atoms. The molecule has 0 unspecified atom stereocenters. The molecule has 0 aliphatic carbocycles. The van der Waals surface area contributed by atoms with Crippen LogP contribution >= 0.6 is 0 Å². The van der Waals surface area contributed by atoms with Crippen LogP contribution in [0, 0.1) is 0 Å². The van der Waals surface area contributed by atoms with E-state index in [1.54, 1.807) is 0 Å². The zero-order valence-corrected chi connectivity index (χ0v) is 33.7. The normalized spacial score (nSPS) is 11.5. The van der Waals surface area contributed by atoms with Gasteiger partial charge in [0.05, 0.1) is 5.69 Å². The average molecular weight is 791 g/mol. The lowest BCUT2D eigenvalue weighted by molar-refractivity contribution is 0.620. The molecule has 1 heterocycles. The van der Waals surface area contributed by atoms with Crippen LogP contribution in [0.2, 0.25) is 0 Å². The van der Waals surface area contributed by atoms with Crippen molar-refractivity contribution in [2.45, 2.75) is 0 Å². The summed E-state index contributed by atoms with van der Waals surface area (Å²) in [6.45, 7) is 0. The summed E-state index contributed by atoms with van der Waals surface area (Å²) in [5, 5.41) is 9.32. The lowest BCUT2D eigenvalue weighted by atomic mass is 9.94. The van der Waals surface area contributed by atoms with Gasteiger partial charge in [-0.15, -0.1) is 0 Å². The van der Waals surface area contributed by atoms with Gasteiger partial charge in [-0.05, 0) is 120 Å². The lowest BCUT2D eigenvalue weighted by Gasteiger charge is -2.29. The molecule has 1 aromatic heterocycles. The van der Waals surface area contributed by atoms with E-state index in [1.807, 2.05) is 0 Å². The topological polar surface area (TPSA) is 29.3 Å². The second kappa shape index (κ2) is 14.8. The van der Waals surface area contributed by atoms with Gasteiger partial charge in [0.1, 0.15) is 5.52 Å². The zero-order valence-electron chi connectivity index (χ0n) is 33.7. The summed E-state index contributed by atoms with van der Waals surface area (Å²) in [6, 6.07) is 82.7. The number of hydrogen-bond donors (Lipinski definition) is 0. The Hall–Kier alpha value is -8.27. The average Bonchev–Trinajstić information content (AvgIpc) is 3.79. The van der Waals surface area contributed by atoms with Crippen LogP contribution in [-0.2, 0) is 0 Å². The van der Waals surface area contributed by atoms with Crippen LogP contribution < -0.4 is 4.90 Å². The van der Waals surface area contributed by atoms with Gasteiger partial charge in [0.2, 0.25) is 5.89 Å². The SMILES string of the molecule is c1ccc(-c2ccc(N(c3ccc4cccc(-c5ccc6c(ccc7oc(-c8ccc9ccccc9c8)nc76)c5)c4c3)c3ccc4ccccc4c3-c3ccccc3)cc2)cc1. The molecule has 11 aromatic carbocycles. The number of rotatable bonds is 7. The predicted molar refractivity (Wildman–Crippen MR) is 260 cm³/mol. The number of fused-ring (bicyclic) bond motifs is 6. The van der Waals surface area contributed by atoms with Crippen molar-refractivity contribution in [1.29, 1.82) is 0 Å². The molecule has 0 atom stereocenters. The van der Waals surface area contributed by atoms with E-state index in [0.29, 0.717) is 5.89 Å². The fourth-order valence-corrected chi connectivity index (χ4v) is 9.20. The molecule has 12 aromatic rings. The van der Waals surface area contributed by atoms with E-state index in [1.165, 1.54) is 54.7 Å². The molecule has 0 N–H and O–H groups in total. The van der Waals surface area contributed by atoms with Crippen LogP contribution in [0.3, 0.4) is 0 Å². The van der Waals surface area contributed by atoms with Gasteiger partial charge < -0.3 is 9.32 Å². The monoisotopic (exact) mass is 790 g/mol. The van der Waals surface area contributed by atoms with Gasteiger partial charge in [-0.2, -0.15) is 0 Å². The van der Waals surface area contributed by atoms with E-state index < -0.39 is 0 Å². The third-order valence-electron chi connectivity index (χ3n) is 12.2. The Labute approximate surface area is 359 Å². The van der Waals surface area contributed by atoms with E-state index in [-0.39, 0.29) is 0 Å². The first kappa shape index (κ1) is 35.7. The van der Waals surface area contributed by atoms with E-state index in [0.717, 1.165) is 55.4 Å². The van der Waals surface area contributed by atoms with Crippen LogP contribution in [0.15, 0.2) is 235 Å². The molecule has 3 heteroatoms. The number of hydrogen-bond acceptors (Lipinski definition) is 3. The Morgan fingerprint density at radius 2 is 0.935 bits per heavy atom. The summed E-state index contributed by atoms with van der Waals surface area (Å²) in [7, 11) is 0. The number of benzene rings is 11. The predicted octanol–water partition coefficient (Wildman–Crippen LogP) is 16.6. The molecule has 62 heavy (non-hydrogen) atoms. The second-order valence-corrected chi connectivity index (χ2v) is 15.9. The summed E-state index contributed by atoms with van der Waals surface area (Å²) >= 11 is 0. The van der Waals surface area contributed by atoms with E-state index in [4.69, 9.17) is 9.40 Å². The van der Waals surface area contributed by atoms with Crippen molar-refractivity contribution in [2.75, 3.05) is 4.90 Å². The first-order chi connectivity index (χ1) is 30.7. The summed E-state index contributed by atoms with van der Waals surface area (Å²) in [6.07, 6.45) is 0. The maximum Gasteiger partial charge on any atom is 0.227 e. The number of nitrogens with zero attached hydrogens (tertiary/aromatic N) is 2. The summed E-state index contributed by atoms with van der Waals surface area (Å²) in [4.78, 5) is 7.48.